The van der Waals surface area contributed by atoms with Crippen molar-refractivity contribution < 1.29 is 23.8 Å². The standard InChI is InChI=1S/C14H14INO5/c1-19-13(17)11-7-21-8-16(12(11)14(18)20-2)10-5-3-4-9(15)6-10/h3-6H,7-8H2,1-2H3. The smallest absolute Gasteiger partial charge is 0.355 e. The lowest BCUT2D eigenvalue weighted by Crippen LogP contribution is -2.38. The molecule has 6 nitrogen and oxygen atoms in total. The summed E-state index contributed by atoms with van der Waals surface area (Å²) in [5, 5.41) is 0. The van der Waals surface area contributed by atoms with Gasteiger partial charge >= 0.3 is 11.9 Å². The minimum Gasteiger partial charge on any atom is -0.466 e. The Morgan fingerprint density at radius 2 is 1.95 bits per heavy atom. The molecule has 0 unspecified atom stereocenters. The van der Waals surface area contributed by atoms with E-state index in [0.29, 0.717) is 0 Å². The number of hydrogen-bond acceptors (Lipinski definition) is 6. The highest BCUT2D eigenvalue weighted by Crippen LogP contribution is 2.27. The first-order valence-corrected chi connectivity index (χ1v) is 7.17. The summed E-state index contributed by atoms with van der Waals surface area (Å²) < 4.78 is 15.9. The van der Waals surface area contributed by atoms with E-state index in [1.165, 1.54) is 14.2 Å². The predicted octanol–water partition coefficient (Wildman–Crippen LogP) is 1.69. The Bertz CT molecular complexity index is 599. The molecule has 0 aromatic heterocycles. The van der Waals surface area contributed by atoms with Gasteiger partial charge in [0, 0.05) is 9.26 Å². The van der Waals surface area contributed by atoms with Gasteiger partial charge in [-0.3, -0.25) is 0 Å². The van der Waals surface area contributed by atoms with Gasteiger partial charge in [0.25, 0.3) is 0 Å². The van der Waals surface area contributed by atoms with Crippen molar-refractivity contribution in [3.05, 3.63) is 39.1 Å². The summed E-state index contributed by atoms with van der Waals surface area (Å²) in [4.78, 5) is 25.5. The summed E-state index contributed by atoms with van der Waals surface area (Å²) >= 11 is 2.17. The Morgan fingerprint density at radius 3 is 2.57 bits per heavy atom. The highest BCUT2D eigenvalue weighted by atomic mass is 127. The summed E-state index contributed by atoms with van der Waals surface area (Å²) in [6, 6.07) is 7.50. The highest BCUT2D eigenvalue weighted by molar-refractivity contribution is 14.1. The Labute approximate surface area is 135 Å². The van der Waals surface area contributed by atoms with Crippen molar-refractivity contribution in [2.75, 3.05) is 32.5 Å². The van der Waals surface area contributed by atoms with E-state index in [1.807, 2.05) is 24.3 Å². The molecule has 2 rings (SSSR count). The topological polar surface area (TPSA) is 65.1 Å². The van der Waals surface area contributed by atoms with E-state index in [-0.39, 0.29) is 24.6 Å². The molecule has 0 radical (unpaired) electrons. The van der Waals surface area contributed by atoms with Crippen LogP contribution >= 0.6 is 22.6 Å². The normalized spacial score (nSPS) is 14.9. The van der Waals surface area contributed by atoms with Crippen molar-refractivity contribution >= 4 is 40.2 Å². The van der Waals surface area contributed by atoms with Crippen molar-refractivity contribution in [1.82, 2.24) is 0 Å². The van der Waals surface area contributed by atoms with E-state index in [1.54, 1.807) is 4.90 Å². The zero-order chi connectivity index (χ0) is 15.4. The number of hydrogen-bond donors (Lipinski definition) is 0. The number of methoxy groups -OCH3 is 2. The van der Waals surface area contributed by atoms with Gasteiger partial charge in [-0.05, 0) is 40.8 Å². The molecule has 1 heterocycles. The SMILES string of the molecule is COC(=O)C1=C(C(=O)OC)N(c2cccc(I)c2)COC1. The minimum atomic E-state index is -0.606. The molecule has 1 aromatic rings. The third-order valence-electron chi connectivity index (χ3n) is 2.95. The molecule has 0 atom stereocenters. The molecule has 0 saturated heterocycles. The number of anilines is 1. The molecule has 21 heavy (non-hydrogen) atoms. The van der Waals surface area contributed by atoms with Crippen LogP contribution in [-0.4, -0.2) is 39.5 Å². The molecule has 0 saturated carbocycles. The quantitative estimate of drug-likeness (QED) is 0.566. The van der Waals surface area contributed by atoms with Crippen molar-refractivity contribution in [3.63, 3.8) is 0 Å². The molecule has 0 spiro atoms. The van der Waals surface area contributed by atoms with E-state index in [4.69, 9.17) is 14.2 Å². The van der Waals surface area contributed by atoms with E-state index in [2.05, 4.69) is 22.6 Å². The first kappa shape index (κ1) is 15.8. The third-order valence-corrected chi connectivity index (χ3v) is 3.62. The van der Waals surface area contributed by atoms with Crippen molar-refractivity contribution in [2.24, 2.45) is 0 Å². The second-order valence-electron chi connectivity index (χ2n) is 4.20. The number of carbonyl (C=O) groups excluding carboxylic acids is 2. The van der Waals surface area contributed by atoms with Crippen LogP contribution < -0.4 is 4.90 Å². The van der Waals surface area contributed by atoms with Gasteiger partial charge in [-0.15, -0.1) is 0 Å². The fraction of sp³-hybridized carbons (Fsp3) is 0.286. The maximum absolute atomic E-state index is 12.1. The third kappa shape index (κ3) is 3.35. The average Bonchev–Trinajstić information content (AvgIpc) is 2.52. The molecule has 0 amide bonds. The van der Waals surface area contributed by atoms with Gasteiger partial charge in [0.05, 0.1) is 26.4 Å². The predicted molar refractivity (Wildman–Crippen MR) is 83.5 cm³/mol. The Morgan fingerprint density at radius 1 is 1.24 bits per heavy atom. The van der Waals surface area contributed by atoms with Gasteiger partial charge in [0.1, 0.15) is 12.4 Å². The lowest BCUT2D eigenvalue weighted by atomic mass is 10.1. The lowest BCUT2D eigenvalue weighted by molar-refractivity contribution is -0.140. The monoisotopic (exact) mass is 403 g/mol. The average molecular weight is 403 g/mol. The van der Waals surface area contributed by atoms with Crippen LogP contribution in [-0.2, 0) is 23.8 Å². The van der Waals surface area contributed by atoms with Gasteiger partial charge in [-0.2, -0.15) is 0 Å². The largest absolute Gasteiger partial charge is 0.466 e. The molecule has 1 aliphatic heterocycles. The van der Waals surface area contributed by atoms with Crippen LogP contribution in [0.1, 0.15) is 0 Å². The van der Waals surface area contributed by atoms with Crippen molar-refractivity contribution in [3.8, 4) is 0 Å². The summed E-state index contributed by atoms with van der Waals surface area (Å²) in [6.45, 7) is 0.169. The zero-order valence-electron chi connectivity index (χ0n) is 11.6. The van der Waals surface area contributed by atoms with Crippen LogP contribution in [0.15, 0.2) is 35.5 Å². The molecule has 7 heteroatoms. The number of rotatable bonds is 3. The van der Waals surface area contributed by atoms with Crippen LogP contribution in [0.3, 0.4) is 0 Å². The van der Waals surface area contributed by atoms with E-state index >= 15 is 0 Å². The molecular formula is C14H14INO5. The number of halogens is 1. The molecule has 0 aliphatic carbocycles. The Kier molecular flexibility index (Phi) is 5.18. The number of carbonyl (C=O) groups is 2. The fourth-order valence-corrected chi connectivity index (χ4v) is 2.52. The van der Waals surface area contributed by atoms with Gasteiger partial charge in [0.15, 0.2) is 0 Å². The maximum atomic E-state index is 12.1. The summed E-state index contributed by atoms with van der Waals surface area (Å²) in [5.74, 6) is -1.21. The second-order valence-corrected chi connectivity index (χ2v) is 5.44. The van der Waals surface area contributed by atoms with Gasteiger partial charge in [0.2, 0.25) is 0 Å². The number of ether oxygens (including phenoxy) is 3. The summed E-state index contributed by atoms with van der Waals surface area (Å²) in [5.41, 5.74) is 1.04. The van der Waals surface area contributed by atoms with Crippen LogP contribution in [0.5, 0.6) is 0 Å². The fourth-order valence-electron chi connectivity index (χ4n) is 1.99. The van der Waals surface area contributed by atoms with Gasteiger partial charge in [-0.25, -0.2) is 9.59 Å². The van der Waals surface area contributed by atoms with Crippen molar-refractivity contribution in [1.29, 1.82) is 0 Å². The molecule has 1 aromatic carbocycles. The molecule has 112 valence electrons. The molecular weight excluding hydrogens is 389 g/mol. The molecule has 0 fully saturated rings. The number of nitrogens with zero attached hydrogens (tertiary/aromatic N) is 1. The first-order valence-electron chi connectivity index (χ1n) is 6.09. The van der Waals surface area contributed by atoms with E-state index in [9.17, 15) is 9.59 Å². The van der Waals surface area contributed by atoms with Crippen LogP contribution in [0.25, 0.3) is 0 Å². The zero-order valence-corrected chi connectivity index (χ0v) is 13.7. The van der Waals surface area contributed by atoms with Gasteiger partial charge < -0.3 is 19.1 Å². The van der Waals surface area contributed by atoms with Crippen LogP contribution in [0.4, 0.5) is 5.69 Å². The van der Waals surface area contributed by atoms with E-state index < -0.39 is 11.9 Å². The molecule has 0 bridgehead atoms. The number of benzene rings is 1. The Balaban J connectivity index is 2.53. The summed E-state index contributed by atoms with van der Waals surface area (Å²) in [6.07, 6.45) is 0. The van der Waals surface area contributed by atoms with Crippen LogP contribution in [0, 0.1) is 3.57 Å². The first-order chi connectivity index (χ1) is 10.1. The van der Waals surface area contributed by atoms with Crippen molar-refractivity contribution in [2.45, 2.75) is 0 Å². The number of esters is 2. The van der Waals surface area contributed by atoms with E-state index in [0.717, 1.165) is 9.26 Å². The Hall–Kier alpha value is -1.61. The maximum Gasteiger partial charge on any atom is 0.355 e. The molecule has 1 aliphatic rings. The minimum absolute atomic E-state index is 0.0114. The summed E-state index contributed by atoms with van der Waals surface area (Å²) in [7, 11) is 2.53. The van der Waals surface area contributed by atoms with Gasteiger partial charge in [-0.1, -0.05) is 6.07 Å². The second kappa shape index (κ2) is 6.90. The van der Waals surface area contributed by atoms with Crippen LogP contribution in [0.2, 0.25) is 0 Å². The lowest BCUT2D eigenvalue weighted by Gasteiger charge is -2.31. The molecule has 0 N–H and O–H groups in total. The highest BCUT2D eigenvalue weighted by Gasteiger charge is 2.32.